The van der Waals surface area contributed by atoms with Gasteiger partial charge in [0.2, 0.25) is 5.60 Å². The number of aryl methyl sites for hydroxylation is 2. The average molecular weight is 331 g/mol. The summed E-state index contributed by atoms with van der Waals surface area (Å²) in [5, 5.41) is 16.2. The predicted molar refractivity (Wildman–Crippen MR) is 73.6 cm³/mol. The van der Waals surface area contributed by atoms with E-state index in [0.29, 0.717) is 0 Å². The van der Waals surface area contributed by atoms with Crippen molar-refractivity contribution in [3.8, 4) is 0 Å². The molecule has 0 aliphatic rings. The number of furan rings is 1. The Morgan fingerprint density at radius 2 is 2.09 bits per heavy atom. The molecule has 0 saturated carbocycles. The minimum atomic E-state index is -4.94. The van der Waals surface area contributed by atoms with Crippen LogP contribution in [0, 0.1) is 6.92 Å². The molecule has 2 N–H and O–H groups in total. The van der Waals surface area contributed by atoms with E-state index in [0.717, 1.165) is 6.07 Å². The summed E-state index contributed by atoms with van der Waals surface area (Å²) in [6.45, 7) is 1.09. The third kappa shape index (κ3) is 3.39. The van der Waals surface area contributed by atoms with E-state index in [2.05, 4.69) is 10.4 Å². The lowest BCUT2D eigenvalue weighted by Crippen LogP contribution is -2.44. The van der Waals surface area contributed by atoms with Crippen LogP contribution in [-0.2, 0) is 12.6 Å². The Morgan fingerprint density at radius 3 is 2.57 bits per heavy atom. The summed E-state index contributed by atoms with van der Waals surface area (Å²) >= 11 is 0. The Bertz CT molecular complexity index is 693. The van der Waals surface area contributed by atoms with Gasteiger partial charge in [-0.15, -0.1) is 0 Å². The van der Waals surface area contributed by atoms with E-state index in [1.807, 2.05) is 0 Å². The lowest BCUT2D eigenvalue weighted by atomic mass is 9.95. The molecule has 23 heavy (non-hydrogen) atoms. The second-order valence-corrected chi connectivity index (χ2v) is 5.11. The molecule has 0 bridgehead atoms. The number of aromatic nitrogens is 2. The summed E-state index contributed by atoms with van der Waals surface area (Å²) in [7, 11) is 1.53. The summed E-state index contributed by atoms with van der Waals surface area (Å²) in [5.41, 5.74) is -2.96. The maximum Gasteiger partial charge on any atom is 0.424 e. The molecule has 126 valence electrons. The van der Waals surface area contributed by atoms with E-state index in [9.17, 15) is 23.1 Å². The lowest BCUT2D eigenvalue weighted by molar-refractivity contribution is -0.274. The number of carbonyl (C=O) groups is 1. The summed E-state index contributed by atoms with van der Waals surface area (Å²) in [6, 6.07) is 3.84. The van der Waals surface area contributed by atoms with Crippen LogP contribution in [0.2, 0.25) is 0 Å². The minimum Gasteiger partial charge on any atom is -0.463 e. The SMILES string of the molecule is Cc1ccc([C@](O)(CCNC(=O)c2ccnn2C)C(F)(F)F)o1. The highest BCUT2D eigenvalue weighted by Gasteiger charge is 2.56. The Balaban J connectivity index is 2.08. The third-order valence-corrected chi connectivity index (χ3v) is 3.44. The van der Waals surface area contributed by atoms with Crippen LogP contribution in [0.15, 0.2) is 28.8 Å². The normalized spacial score (nSPS) is 14.5. The van der Waals surface area contributed by atoms with E-state index in [1.165, 1.54) is 37.0 Å². The Morgan fingerprint density at radius 1 is 1.39 bits per heavy atom. The minimum absolute atomic E-state index is 0.203. The van der Waals surface area contributed by atoms with E-state index in [-0.39, 0.29) is 18.0 Å². The average Bonchev–Trinajstić information content (AvgIpc) is 3.06. The first-order valence-corrected chi connectivity index (χ1v) is 6.77. The van der Waals surface area contributed by atoms with Crippen molar-refractivity contribution < 1.29 is 27.5 Å². The van der Waals surface area contributed by atoms with Gasteiger partial charge in [-0.1, -0.05) is 0 Å². The van der Waals surface area contributed by atoms with Crippen molar-refractivity contribution in [2.45, 2.75) is 25.1 Å². The fourth-order valence-electron chi connectivity index (χ4n) is 2.11. The number of nitrogens with one attached hydrogen (secondary N) is 1. The number of rotatable bonds is 5. The van der Waals surface area contributed by atoms with Gasteiger partial charge in [-0.2, -0.15) is 18.3 Å². The number of nitrogens with zero attached hydrogens (tertiary/aromatic N) is 2. The van der Waals surface area contributed by atoms with Gasteiger partial charge in [0.05, 0.1) is 0 Å². The number of hydrogen-bond donors (Lipinski definition) is 2. The first-order chi connectivity index (χ1) is 10.6. The third-order valence-electron chi connectivity index (χ3n) is 3.44. The highest BCUT2D eigenvalue weighted by molar-refractivity contribution is 5.92. The second kappa shape index (κ2) is 6.07. The largest absolute Gasteiger partial charge is 0.463 e. The van der Waals surface area contributed by atoms with Crippen molar-refractivity contribution in [2.75, 3.05) is 6.54 Å². The molecule has 0 saturated heterocycles. The molecule has 0 aliphatic heterocycles. The van der Waals surface area contributed by atoms with E-state index in [4.69, 9.17) is 4.42 Å². The fraction of sp³-hybridized carbons (Fsp3) is 0.429. The van der Waals surface area contributed by atoms with E-state index < -0.39 is 29.9 Å². The zero-order valence-electron chi connectivity index (χ0n) is 12.5. The Hall–Kier alpha value is -2.29. The molecule has 2 aromatic rings. The van der Waals surface area contributed by atoms with Crippen molar-refractivity contribution in [3.63, 3.8) is 0 Å². The van der Waals surface area contributed by atoms with Gasteiger partial charge in [0.15, 0.2) is 0 Å². The first kappa shape index (κ1) is 17.1. The highest BCUT2D eigenvalue weighted by atomic mass is 19.4. The highest BCUT2D eigenvalue weighted by Crippen LogP contribution is 2.41. The topological polar surface area (TPSA) is 80.3 Å². The van der Waals surface area contributed by atoms with Crippen LogP contribution in [0.5, 0.6) is 0 Å². The number of amides is 1. The van der Waals surface area contributed by atoms with Crippen LogP contribution in [0.4, 0.5) is 13.2 Å². The van der Waals surface area contributed by atoms with Crippen LogP contribution in [0.1, 0.15) is 28.4 Å². The van der Waals surface area contributed by atoms with Gasteiger partial charge in [-0.3, -0.25) is 9.48 Å². The molecule has 0 aliphatic carbocycles. The van der Waals surface area contributed by atoms with E-state index in [1.54, 1.807) is 0 Å². The summed E-state index contributed by atoms with van der Waals surface area (Å²) in [5.74, 6) is -0.927. The maximum atomic E-state index is 13.2. The molecule has 9 heteroatoms. The molecule has 2 aromatic heterocycles. The van der Waals surface area contributed by atoms with Gasteiger partial charge in [0.25, 0.3) is 5.91 Å². The van der Waals surface area contributed by atoms with Crippen molar-refractivity contribution in [2.24, 2.45) is 7.05 Å². The number of alkyl halides is 3. The fourth-order valence-corrected chi connectivity index (χ4v) is 2.11. The van der Waals surface area contributed by atoms with Crippen LogP contribution in [0.3, 0.4) is 0 Å². The van der Waals surface area contributed by atoms with Crippen molar-refractivity contribution in [1.29, 1.82) is 0 Å². The molecular weight excluding hydrogens is 315 g/mol. The molecule has 2 heterocycles. The van der Waals surface area contributed by atoms with Gasteiger partial charge in [-0.25, -0.2) is 0 Å². The zero-order valence-corrected chi connectivity index (χ0v) is 12.5. The Kier molecular flexibility index (Phi) is 4.51. The molecule has 0 fully saturated rings. The van der Waals surface area contributed by atoms with Crippen LogP contribution in [-0.4, -0.2) is 33.5 Å². The first-order valence-electron chi connectivity index (χ1n) is 6.77. The quantitative estimate of drug-likeness (QED) is 0.877. The zero-order chi connectivity index (χ0) is 17.3. The standard InChI is InChI=1S/C14H16F3N3O3/c1-9-3-4-11(23-9)13(22,14(15,16)17)6-8-18-12(21)10-5-7-19-20(10)2/h3-5,7,22H,6,8H2,1-2H3,(H,18,21)/t13-/m1/s1. The molecule has 0 spiro atoms. The van der Waals surface area contributed by atoms with Crippen molar-refractivity contribution in [1.82, 2.24) is 15.1 Å². The molecule has 1 amide bonds. The molecule has 2 rings (SSSR count). The molecule has 0 unspecified atom stereocenters. The van der Waals surface area contributed by atoms with Crippen molar-refractivity contribution in [3.05, 3.63) is 41.6 Å². The van der Waals surface area contributed by atoms with Gasteiger partial charge >= 0.3 is 6.18 Å². The van der Waals surface area contributed by atoms with Gasteiger partial charge < -0.3 is 14.8 Å². The van der Waals surface area contributed by atoms with Crippen LogP contribution < -0.4 is 5.32 Å². The molecule has 6 nitrogen and oxygen atoms in total. The number of halogens is 3. The number of hydrogen-bond acceptors (Lipinski definition) is 4. The molecular formula is C14H16F3N3O3. The molecule has 0 aromatic carbocycles. The lowest BCUT2D eigenvalue weighted by Gasteiger charge is -2.28. The summed E-state index contributed by atoms with van der Waals surface area (Å²) in [6.07, 6.45) is -4.31. The van der Waals surface area contributed by atoms with Crippen LogP contribution in [0.25, 0.3) is 0 Å². The van der Waals surface area contributed by atoms with Crippen LogP contribution >= 0.6 is 0 Å². The van der Waals surface area contributed by atoms with Gasteiger partial charge in [0, 0.05) is 26.2 Å². The second-order valence-electron chi connectivity index (χ2n) is 5.11. The van der Waals surface area contributed by atoms with Gasteiger partial charge in [-0.05, 0) is 25.1 Å². The van der Waals surface area contributed by atoms with Crippen molar-refractivity contribution >= 4 is 5.91 Å². The predicted octanol–water partition coefficient (Wildman–Crippen LogP) is 1.89. The monoisotopic (exact) mass is 331 g/mol. The molecule has 1 atom stereocenters. The smallest absolute Gasteiger partial charge is 0.424 e. The Labute approximate surface area is 129 Å². The number of aliphatic hydroxyl groups is 1. The maximum absolute atomic E-state index is 13.2. The van der Waals surface area contributed by atoms with E-state index >= 15 is 0 Å². The number of carbonyl (C=O) groups excluding carboxylic acids is 1. The molecule has 0 radical (unpaired) electrons. The summed E-state index contributed by atoms with van der Waals surface area (Å²) in [4.78, 5) is 11.8. The van der Waals surface area contributed by atoms with Gasteiger partial charge in [0.1, 0.15) is 17.2 Å². The summed E-state index contributed by atoms with van der Waals surface area (Å²) < 4.78 is 45.9.